The van der Waals surface area contributed by atoms with E-state index in [1.807, 2.05) is 0 Å². The summed E-state index contributed by atoms with van der Waals surface area (Å²) in [6, 6.07) is 7.69. The van der Waals surface area contributed by atoms with E-state index in [-0.39, 0.29) is 22.8 Å². The van der Waals surface area contributed by atoms with Crippen molar-refractivity contribution >= 4 is 44.0 Å². The molecule has 0 aromatic heterocycles. The Morgan fingerprint density at radius 3 is 2.70 bits per heavy atom. The maximum atomic E-state index is 12.0. The number of hydrazone groups is 1. The maximum Gasteiger partial charge on any atom is 0.275 e. The molecule has 0 unspecified atom stereocenters. The van der Waals surface area contributed by atoms with Gasteiger partial charge in [0, 0.05) is 4.47 Å². The first kappa shape index (κ1) is 17.3. The van der Waals surface area contributed by atoms with Crippen molar-refractivity contribution < 1.29 is 19.7 Å². The van der Waals surface area contributed by atoms with Crippen LogP contribution in [0.4, 0.5) is 0 Å². The van der Waals surface area contributed by atoms with Gasteiger partial charge in [-0.3, -0.25) is 4.79 Å². The van der Waals surface area contributed by atoms with E-state index < -0.39 is 5.91 Å². The lowest BCUT2D eigenvalue weighted by atomic mass is 10.2. The Hall–Kier alpha value is -2.06. The first-order valence-corrected chi connectivity index (χ1v) is 7.89. The van der Waals surface area contributed by atoms with Crippen molar-refractivity contribution in [3.05, 3.63) is 50.4 Å². The number of methoxy groups -OCH3 is 1. The van der Waals surface area contributed by atoms with Crippen molar-refractivity contribution in [3.63, 3.8) is 0 Å². The molecule has 0 radical (unpaired) electrons. The van der Waals surface area contributed by atoms with Crippen LogP contribution >= 0.6 is 31.9 Å². The van der Waals surface area contributed by atoms with Crippen LogP contribution in [0.1, 0.15) is 15.9 Å². The van der Waals surface area contributed by atoms with Crippen molar-refractivity contribution in [1.82, 2.24) is 5.43 Å². The highest BCUT2D eigenvalue weighted by atomic mass is 79.9. The van der Waals surface area contributed by atoms with Gasteiger partial charge < -0.3 is 14.9 Å². The summed E-state index contributed by atoms with van der Waals surface area (Å²) in [6.45, 7) is 0. The summed E-state index contributed by atoms with van der Waals surface area (Å²) in [7, 11) is 1.43. The average molecular weight is 444 g/mol. The monoisotopic (exact) mass is 442 g/mol. The first-order valence-electron chi connectivity index (χ1n) is 6.30. The van der Waals surface area contributed by atoms with Gasteiger partial charge in [-0.25, -0.2) is 5.43 Å². The number of ether oxygens (including phenoxy) is 1. The quantitative estimate of drug-likeness (QED) is 0.498. The third-order valence-corrected chi connectivity index (χ3v) is 3.95. The molecule has 1 amide bonds. The second-order valence-corrected chi connectivity index (χ2v) is 6.18. The molecule has 0 bridgehead atoms. The van der Waals surface area contributed by atoms with E-state index in [4.69, 9.17) is 4.74 Å². The third-order valence-electron chi connectivity index (χ3n) is 2.85. The van der Waals surface area contributed by atoms with Gasteiger partial charge >= 0.3 is 0 Å². The Balaban J connectivity index is 2.14. The summed E-state index contributed by atoms with van der Waals surface area (Å²) in [6.07, 6.45) is 1.39. The van der Waals surface area contributed by atoms with E-state index in [0.717, 1.165) is 0 Å². The minimum absolute atomic E-state index is 0.0206. The minimum atomic E-state index is -0.551. The number of benzene rings is 2. The molecule has 120 valence electrons. The third kappa shape index (κ3) is 4.23. The number of nitrogens with zero attached hydrogens (tertiary/aromatic N) is 1. The lowest BCUT2D eigenvalue weighted by Gasteiger charge is -2.06. The minimum Gasteiger partial charge on any atom is -0.507 e. The van der Waals surface area contributed by atoms with Crippen LogP contribution in [0, 0.1) is 0 Å². The second-order valence-electron chi connectivity index (χ2n) is 4.41. The highest BCUT2D eigenvalue weighted by molar-refractivity contribution is 9.10. The smallest absolute Gasteiger partial charge is 0.275 e. The van der Waals surface area contributed by atoms with E-state index >= 15 is 0 Å². The number of halogens is 2. The topological polar surface area (TPSA) is 91.2 Å². The van der Waals surface area contributed by atoms with Crippen molar-refractivity contribution in [2.24, 2.45) is 5.10 Å². The molecule has 0 saturated carbocycles. The predicted molar refractivity (Wildman–Crippen MR) is 93.2 cm³/mol. The van der Waals surface area contributed by atoms with Crippen molar-refractivity contribution in [3.8, 4) is 17.2 Å². The van der Waals surface area contributed by atoms with Crippen LogP contribution < -0.4 is 10.2 Å². The van der Waals surface area contributed by atoms with Gasteiger partial charge in [0.2, 0.25) is 0 Å². The molecule has 0 atom stereocenters. The Bertz CT molecular complexity index is 778. The van der Waals surface area contributed by atoms with Crippen LogP contribution in [0.5, 0.6) is 17.2 Å². The van der Waals surface area contributed by atoms with Gasteiger partial charge in [-0.05, 0) is 51.8 Å². The van der Waals surface area contributed by atoms with Crippen molar-refractivity contribution in [1.29, 1.82) is 0 Å². The van der Waals surface area contributed by atoms with E-state index in [1.165, 1.54) is 25.5 Å². The van der Waals surface area contributed by atoms with Gasteiger partial charge in [0.15, 0.2) is 11.5 Å². The van der Waals surface area contributed by atoms with Crippen LogP contribution in [-0.4, -0.2) is 29.4 Å². The molecule has 2 rings (SSSR count). The molecule has 6 nitrogen and oxygen atoms in total. The fourth-order valence-electron chi connectivity index (χ4n) is 1.74. The van der Waals surface area contributed by atoms with E-state index in [2.05, 4.69) is 42.4 Å². The SMILES string of the molecule is COc1cc(/C=N\NC(=O)c2cc(Br)ccc2O)cc(Br)c1O. The molecule has 8 heteroatoms. The summed E-state index contributed by atoms with van der Waals surface area (Å²) in [4.78, 5) is 12.0. The molecule has 3 N–H and O–H groups in total. The summed E-state index contributed by atoms with van der Waals surface area (Å²) in [5.74, 6) is -0.440. The first-order chi connectivity index (χ1) is 10.9. The second kappa shape index (κ2) is 7.47. The van der Waals surface area contributed by atoms with E-state index in [9.17, 15) is 15.0 Å². The fraction of sp³-hybridized carbons (Fsp3) is 0.0667. The summed E-state index contributed by atoms with van der Waals surface area (Å²) in [5, 5.41) is 23.2. The molecule has 0 aliphatic carbocycles. The summed E-state index contributed by atoms with van der Waals surface area (Å²) in [5.41, 5.74) is 3.02. The number of hydrogen-bond acceptors (Lipinski definition) is 5. The highest BCUT2D eigenvalue weighted by Crippen LogP contribution is 2.34. The van der Waals surface area contributed by atoms with Gasteiger partial charge in [-0.15, -0.1) is 0 Å². The molecule has 0 aliphatic heterocycles. The van der Waals surface area contributed by atoms with Crippen LogP contribution in [0.3, 0.4) is 0 Å². The predicted octanol–water partition coefficient (Wildman–Crippen LogP) is 3.40. The van der Waals surface area contributed by atoms with E-state index in [0.29, 0.717) is 14.5 Å². The van der Waals surface area contributed by atoms with Crippen molar-refractivity contribution in [2.75, 3.05) is 7.11 Å². The van der Waals surface area contributed by atoms with Gasteiger partial charge in [0.1, 0.15) is 5.75 Å². The standard InChI is InChI=1S/C15H12Br2N2O4/c1-23-13-5-8(4-11(17)14(13)21)7-18-19-15(22)10-6-9(16)2-3-12(10)20/h2-7,20-21H,1H3,(H,19,22)/b18-7-. The highest BCUT2D eigenvalue weighted by Gasteiger charge is 2.11. The molecule has 0 fully saturated rings. The zero-order valence-corrected chi connectivity index (χ0v) is 15.1. The molecule has 0 spiro atoms. The van der Waals surface area contributed by atoms with Crippen LogP contribution in [-0.2, 0) is 0 Å². The molecule has 0 aliphatic rings. The Kier molecular flexibility index (Phi) is 5.62. The van der Waals surface area contributed by atoms with Gasteiger partial charge in [-0.1, -0.05) is 15.9 Å². The summed E-state index contributed by atoms with van der Waals surface area (Å²) >= 11 is 6.42. The lowest BCUT2D eigenvalue weighted by Crippen LogP contribution is -2.17. The average Bonchev–Trinajstić information content (AvgIpc) is 2.52. The van der Waals surface area contributed by atoms with E-state index in [1.54, 1.807) is 18.2 Å². The Labute approximate surface area is 149 Å². The number of nitrogens with one attached hydrogen (secondary N) is 1. The maximum absolute atomic E-state index is 12.0. The number of rotatable bonds is 4. The number of phenols is 2. The molecular formula is C15H12Br2N2O4. The zero-order chi connectivity index (χ0) is 17.0. The molecule has 23 heavy (non-hydrogen) atoms. The Morgan fingerprint density at radius 1 is 1.26 bits per heavy atom. The normalized spacial score (nSPS) is 10.7. The number of hydrogen-bond donors (Lipinski definition) is 3. The molecule has 2 aromatic carbocycles. The number of carbonyl (C=O) groups is 1. The summed E-state index contributed by atoms with van der Waals surface area (Å²) < 4.78 is 6.13. The van der Waals surface area contributed by atoms with Crippen molar-refractivity contribution in [2.45, 2.75) is 0 Å². The molecule has 0 heterocycles. The van der Waals surface area contributed by atoms with Gasteiger partial charge in [0.25, 0.3) is 5.91 Å². The number of amides is 1. The van der Waals surface area contributed by atoms with Crippen LogP contribution in [0.25, 0.3) is 0 Å². The molecular weight excluding hydrogens is 432 g/mol. The fourth-order valence-corrected chi connectivity index (χ4v) is 2.56. The number of phenolic OH excluding ortho intramolecular Hbond substituents is 2. The molecule has 0 saturated heterocycles. The zero-order valence-electron chi connectivity index (χ0n) is 11.9. The molecule has 2 aromatic rings. The largest absolute Gasteiger partial charge is 0.507 e. The number of carbonyl (C=O) groups excluding carboxylic acids is 1. The lowest BCUT2D eigenvalue weighted by molar-refractivity contribution is 0.0952. The Morgan fingerprint density at radius 2 is 2.00 bits per heavy atom. The van der Waals surface area contributed by atoms with Gasteiger partial charge in [0.05, 0.1) is 23.4 Å². The van der Waals surface area contributed by atoms with Crippen LogP contribution in [0.2, 0.25) is 0 Å². The van der Waals surface area contributed by atoms with Gasteiger partial charge in [-0.2, -0.15) is 5.10 Å². The van der Waals surface area contributed by atoms with Crippen LogP contribution in [0.15, 0.2) is 44.4 Å². The number of aromatic hydroxyl groups is 2.